The SMILES string of the molecule is Cc1ccc(C)c(NC(=O)COC(=O)[C@@H](NC(=O)c2ccco2)C(C)C)c1. The van der Waals surface area contributed by atoms with E-state index in [1.54, 1.807) is 19.9 Å². The molecule has 0 radical (unpaired) electrons. The first-order valence-corrected chi connectivity index (χ1v) is 8.66. The number of carbonyl (C=O) groups is 3. The number of aryl methyl sites for hydroxylation is 2. The zero-order chi connectivity index (χ0) is 20.0. The number of ether oxygens (including phenoxy) is 1. The molecule has 2 rings (SSSR count). The van der Waals surface area contributed by atoms with Crippen LogP contribution in [-0.2, 0) is 14.3 Å². The molecule has 144 valence electrons. The van der Waals surface area contributed by atoms with E-state index in [-0.39, 0.29) is 11.7 Å². The highest BCUT2D eigenvalue weighted by molar-refractivity contribution is 5.96. The smallest absolute Gasteiger partial charge is 0.329 e. The topological polar surface area (TPSA) is 97.6 Å². The van der Waals surface area contributed by atoms with Crippen molar-refractivity contribution in [3.05, 3.63) is 53.5 Å². The molecule has 0 unspecified atom stereocenters. The Labute approximate surface area is 158 Å². The van der Waals surface area contributed by atoms with E-state index in [2.05, 4.69) is 10.6 Å². The highest BCUT2D eigenvalue weighted by Crippen LogP contribution is 2.16. The molecule has 0 saturated heterocycles. The maximum absolute atomic E-state index is 12.3. The van der Waals surface area contributed by atoms with Crippen LogP contribution in [0, 0.1) is 19.8 Å². The molecule has 0 bridgehead atoms. The molecule has 7 heteroatoms. The van der Waals surface area contributed by atoms with Gasteiger partial charge < -0.3 is 19.8 Å². The second-order valence-electron chi connectivity index (χ2n) is 6.65. The van der Waals surface area contributed by atoms with Gasteiger partial charge in [-0.3, -0.25) is 9.59 Å². The predicted octanol–water partition coefficient (Wildman–Crippen LogP) is 2.83. The van der Waals surface area contributed by atoms with Crippen molar-refractivity contribution in [3.63, 3.8) is 0 Å². The summed E-state index contributed by atoms with van der Waals surface area (Å²) in [5, 5.41) is 5.29. The highest BCUT2D eigenvalue weighted by Gasteiger charge is 2.27. The number of nitrogens with one attached hydrogen (secondary N) is 2. The van der Waals surface area contributed by atoms with Gasteiger partial charge in [-0.15, -0.1) is 0 Å². The predicted molar refractivity (Wildman–Crippen MR) is 100 cm³/mol. The van der Waals surface area contributed by atoms with Crippen molar-refractivity contribution < 1.29 is 23.5 Å². The summed E-state index contributed by atoms with van der Waals surface area (Å²) in [5.41, 5.74) is 2.59. The van der Waals surface area contributed by atoms with Gasteiger partial charge in [0.15, 0.2) is 12.4 Å². The minimum absolute atomic E-state index is 0.0983. The quantitative estimate of drug-likeness (QED) is 0.729. The molecule has 1 aromatic carbocycles. The van der Waals surface area contributed by atoms with Crippen molar-refractivity contribution >= 4 is 23.5 Å². The summed E-state index contributed by atoms with van der Waals surface area (Å²) in [7, 11) is 0. The van der Waals surface area contributed by atoms with Gasteiger partial charge in [0, 0.05) is 5.69 Å². The van der Waals surface area contributed by atoms with E-state index in [0.29, 0.717) is 5.69 Å². The second-order valence-corrected chi connectivity index (χ2v) is 6.65. The molecular weight excluding hydrogens is 348 g/mol. The summed E-state index contributed by atoms with van der Waals surface area (Å²) in [6.45, 7) is 6.89. The van der Waals surface area contributed by atoms with E-state index >= 15 is 0 Å². The lowest BCUT2D eigenvalue weighted by Crippen LogP contribution is -2.45. The maximum atomic E-state index is 12.3. The van der Waals surface area contributed by atoms with Gasteiger partial charge in [0.1, 0.15) is 6.04 Å². The lowest BCUT2D eigenvalue weighted by atomic mass is 10.0. The van der Waals surface area contributed by atoms with Crippen molar-refractivity contribution in [1.29, 1.82) is 0 Å². The molecule has 0 aliphatic carbocycles. The number of hydrogen-bond donors (Lipinski definition) is 2. The molecule has 7 nitrogen and oxygen atoms in total. The number of furan rings is 1. The van der Waals surface area contributed by atoms with Gasteiger partial charge in [0.25, 0.3) is 11.8 Å². The number of esters is 1. The molecule has 0 saturated carbocycles. The van der Waals surface area contributed by atoms with Crippen LogP contribution in [0.4, 0.5) is 5.69 Å². The number of amides is 2. The Balaban J connectivity index is 1.92. The third kappa shape index (κ3) is 5.70. The van der Waals surface area contributed by atoms with Gasteiger partial charge in [0.05, 0.1) is 6.26 Å². The molecule has 27 heavy (non-hydrogen) atoms. The minimum atomic E-state index is -0.892. The number of anilines is 1. The molecular formula is C20H24N2O5. The maximum Gasteiger partial charge on any atom is 0.329 e. The Morgan fingerprint density at radius 1 is 1.15 bits per heavy atom. The van der Waals surface area contributed by atoms with Crippen LogP contribution >= 0.6 is 0 Å². The van der Waals surface area contributed by atoms with Crippen LogP contribution in [0.1, 0.15) is 35.5 Å². The Kier molecular flexibility index (Phi) is 6.76. The lowest BCUT2D eigenvalue weighted by molar-refractivity contribution is -0.150. The van der Waals surface area contributed by atoms with Crippen LogP contribution in [0.25, 0.3) is 0 Å². The van der Waals surface area contributed by atoms with Crippen LogP contribution in [0.5, 0.6) is 0 Å². The minimum Gasteiger partial charge on any atom is -0.459 e. The van der Waals surface area contributed by atoms with Gasteiger partial charge in [0.2, 0.25) is 0 Å². The van der Waals surface area contributed by atoms with E-state index in [1.165, 1.54) is 12.3 Å². The average molecular weight is 372 g/mol. The Hall–Kier alpha value is -3.09. The summed E-state index contributed by atoms with van der Waals surface area (Å²) in [4.78, 5) is 36.5. The van der Waals surface area contributed by atoms with Crippen LogP contribution < -0.4 is 10.6 Å². The number of rotatable bonds is 7. The van der Waals surface area contributed by atoms with E-state index in [4.69, 9.17) is 9.15 Å². The van der Waals surface area contributed by atoms with Gasteiger partial charge in [-0.05, 0) is 49.1 Å². The van der Waals surface area contributed by atoms with Gasteiger partial charge >= 0.3 is 5.97 Å². The van der Waals surface area contributed by atoms with Crippen LogP contribution in [0.3, 0.4) is 0 Å². The fourth-order valence-corrected chi connectivity index (χ4v) is 2.40. The zero-order valence-electron chi connectivity index (χ0n) is 15.9. The molecule has 0 aliphatic heterocycles. The fourth-order valence-electron chi connectivity index (χ4n) is 2.40. The van der Waals surface area contributed by atoms with Crippen molar-refractivity contribution in [1.82, 2.24) is 5.32 Å². The van der Waals surface area contributed by atoms with Crippen LogP contribution in [0.15, 0.2) is 41.0 Å². The molecule has 1 aromatic heterocycles. The van der Waals surface area contributed by atoms with Crippen molar-refractivity contribution in [2.45, 2.75) is 33.7 Å². The first-order valence-electron chi connectivity index (χ1n) is 8.66. The highest BCUT2D eigenvalue weighted by atomic mass is 16.5. The zero-order valence-corrected chi connectivity index (χ0v) is 15.9. The van der Waals surface area contributed by atoms with E-state index < -0.39 is 30.4 Å². The number of carbonyl (C=O) groups excluding carboxylic acids is 3. The van der Waals surface area contributed by atoms with Crippen molar-refractivity contribution in [2.75, 3.05) is 11.9 Å². The largest absolute Gasteiger partial charge is 0.459 e. The standard InChI is InChI=1S/C20H24N2O5/c1-12(2)18(22-19(24)16-6-5-9-26-16)20(25)27-11-17(23)21-15-10-13(3)7-8-14(15)4/h5-10,12,18H,11H2,1-4H3,(H,21,23)(H,22,24)/t18-/m0/s1. The molecule has 1 atom stereocenters. The fraction of sp³-hybridized carbons (Fsp3) is 0.350. The molecule has 2 N–H and O–H groups in total. The van der Waals surface area contributed by atoms with Crippen molar-refractivity contribution in [3.8, 4) is 0 Å². The summed E-state index contributed by atoms with van der Waals surface area (Å²) >= 11 is 0. The summed E-state index contributed by atoms with van der Waals surface area (Å²) < 4.78 is 10.1. The first kappa shape index (κ1) is 20.2. The molecule has 1 heterocycles. The Morgan fingerprint density at radius 3 is 2.52 bits per heavy atom. The van der Waals surface area contributed by atoms with Gasteiger partial charge in [-0.2, -0.15) is 0 Å². The molecule has 2 aromatic rings. The van der Waals surface area contributed by atoms with E-state index in [1.807, 2.05) is 32.0 Å². The number of hydrogen-bond acceptors (Lipinski definition) is 5. The average Bonchev–Trinajstić information content (AvgIpc) is 3.15. The first-order chi connectivity index (χ1) is 12.8. The Bertz CT molecular complexity index is 812. The van der Waals surface area contributed by atoms with E-state index in [9.17, 15) is 14.4 Å². The van der Waals surface area contributed by atoms with Gasteiger partial charge in [-0.1, -0.05) is 26.0 Å². The lowest BCUT2D eigenvalue weighted by Gasteiger charge is -2.20. The summed E-state index contributed by atoms with van der Waals surface area (Å²) in [6.07, 6.45) is 1.37. The third-order valence-corrected chi connectivity index (χ3v) is 3.96. The monoisotopic (exact) mass is 372 g/mol. The molecule has 0 fully saturated rings. The van der Waals surface area contributed by atoms with Gasteiger partial charge in [-0.25, -0.2) is 4.79 Å². The summed E-state index contributed by atoms with van der Waals surface area (Å²) in [5.74, 6) is -1.77. The van der Waals surface area contributed by atoms with Crippen LogP contribution in [-0.4, -0.2) is 30.4 Å². The van der Waals surface area contributed by atoms with E-state index in [0.717, 1.165) is 11.1 Å². The molecule has 0 spiro atoms. The third-order valence-electron chi connectivity index (χ3n) is 3.96. The normalized spacial score (nSPS) is 11.7. The Morgan fingerprint density at radius 2 is 1.89 bits per heavy atom. The number of benzene rings is 1. The van der Waals surface area contributed by atoms with Crippen molar-refractivity contribution in [2.24, 2.45) is 5.92 Å². The summed E-state index contributed by atoms with van der Waals surface area (Å²) in [6, 6.07) is 7.87. The second kappa shape index (κ2) is 9.02. The molecule has 0 aliphatic rings. The molecule has 2 amide bonds. The van der Waals surface area contributed by atoms with Crippen LogP contribution in [0.2, 0.25) is 0 Å².